The van der Waals surface area contributed by atoms with Gasteiger partial charge in [0, 0.05) is 12.4 Å². The Balaban J connectivity index is 1.83. The molecule has 3 aromatic rings. The molecule has 0 radical (unpaired) electrons. The standard InChI is InChI=1S/C14H14N6O2/c1-8(12-16-4-5-17-12)18-13(21)10-7-9(19-14(15)20-10)11-3-2-6-22-11/h2-8H,1H3,(H,16,17)(H,18,21)(H2,15,19,20). The average molecular weight is 298 g/mol. The lowest BCUT2D eigenvalue weighted by Gasteiger charge is -2.11. The molecule has 112 valence electrons. The molecular formula is C14H14N6O2. The minimum Gasteiger partial charge on any atom is -0.463 e. The molecule has 4 N–H and O–H groups in total. The first-order valence-electron chi connectivity index (χ1n) is 6.62. The summed E-state index contributed by atoms with van der Waals surface area (Å²) in [4.78, 5) is 27.4. The number of carbonyl (C=O) groups excluding carboxylic acids is 1. The second-order valence-electron chi connectivity index (χ2n) is 4.64. The molecule has 8 nitrogen and oxygen atoms in total. The summed E-state index contributed by atoms with van der Waals surface area (Å²) in [7, 11) is 0. The van der Waals surface area contributed by atoms with Gasteiger partial charge in [-0.25, -0.2) is 15.0 Å². The van der Waals surface area contributed by atoms with Gasteiger partial charge in [0.1, 0.15) is 17.2 Å². The van der Waals surface area contributed by atoms with E-state index in [1.165, 1.54) is 12.3 Å². The number of nitrogens with two attached hydrogens (primary N) is 1. The fourth-order valence-corrected chi connectivity index (χ4v) is 1.99. The highest BCUT2D eigenvalue weighted by molar-refractivity contribution is 5.93. The molecule has 8 heteroatoms. The molecule has 0 bridgehead atoms. The third kappa shape index (κ3) is 2.80. The molecule has 0 saturated heterocycles. The number of amides is 1. The molecule has 0 spiro atoms. The highest BCUT2D eigenvalue weighted by Gasteiger charge is 2.17. The number of nitrogen functional groups attached to an aromatic ring is 1. The SMILES string of the molecule is CC(NC(=O)c1cc(-c2ccco2)nc(N)n1)c1ncc[nH]1. The van der Waals surface area contributed by atoms with Crippen LogP contribution in [0.1, 0.15) is 29.3 Å². The van der Waals surface area contributed by atoms with Crippen LogP contribution in [0.2, 0.25) is 0 Å². The molecule has 22 heavy (non-hydrogen) atoms. The third-order valence-corrected chi connectivity index (χ3v) is 3.03. The van der Waals surface area contributed by atoms with Gasteiger partial charge in [0.25, 0.3) is 5.91 Å². The number of hydrogen-bond donors (Lipinski definition) is 3. The van der Waals surface area contributed by atoms with E-state index in [9.17, 15) is 4.79 Å². The summed E-state index contributed by atoms with van der Waals surface area (Å²) >= 11 is 0. The van der Waals surface area contributed by atoms with Crippen molar-refractivity contribution in [1.82, 2.24) is 25.3 Å². The third-order valence-electron chi connectivity index (χ3n) is 3.03. The molecule has 1 amide bonds. The van der Waals surface area contributed by atoms with E-state index in [4.69, 9.17) is 10.2 Å². The Hall–Kier alpha value is -3.16. The summed E-state index contributed by atoms with van der Waals surface area (Å²) in [5, 5.41) is 2.79. The molecule has 0 aliphatic heterocycles. The first-order chi connectivity index (χ1) is 10.6. The van der Waals surface area contributed by atoms with E-state index in [0.29, 0.717) is 17.3 Å². The monoisotopic (exact) mass is 298 g/mol. The number of furan rings is 1. The van der Waals surface area contributed by atoms with E-state index in [-0.39, 0.29) is 23.6 Å². The fraction of sp³-hybridized carbons (Fsp3) is 0.143. The highest BCUT2D eigenvalue weighted by Crippen LogP contribution is 2.19. The summed E-state index contributed by atoms with van der Waals surface area (Å²) in [5.41, 5.74) is 6.28. The first kappa shape index (κ1) is 13.8. The van der Waals surface area contributed by atoms with Gasteiger partial charge < -0.3 is 20.5 Å². The second-order valence-corrected chi connectivity index (χ2v) is 4.64. The van der Waals surface area contributed by atoms with Crippen molar-refractivity contribution in [1.29, 1.82) is 0 Å². The number of hydrogen-bond acceptors (Lipinski definition) is 6. The van der Waals surface area contributed by atoms with Crippen molar-refractivity contribution < 1.29 is 9.21 Å². The number of aromatic nitrogens is 4. The molecule has 1 atom stereocenters. The molecule has 3 heterocycles. The molecule has 0 aliphatic carbocycles. The predicted octanol–water partition coefficient (Wildman–Crippen LogP) is 1.53. The molecule has 0 fully saturated rings. The number of nitrogens with zero attached hydrogens (tertiary/aromatic N) is 3. The lowest BCUT2D eigenvalue weighted by Crippen LogP contribution is -2.28. The maximum absolute atomic E-state index is 12.3. The smallest absolute Gasteiger partial charge is 0.270 e. The number of carbonyl (C=O) groups is 1. The summed E-state index contributed by atoms with van der Waals surface area (Å²) in [6.45, 7) is 1.81. The summed E-state index contributed by atoms with van der Waals surface area (Å²) in [5.74, 6) is 0.805. The minimum atomic E-state index is -0.370. The lowest BCUT2D eigenvalue weighted by molar-refractivity contribution is 0.0933. The Kier molecular flexibility index (Phi) is 3.57. The zero-order chi connectivity index (χ0) is 15.5. The van der Waals surface area contributed by atoms with Crippen LogP contribution in [0, 0.1) is 0 Å². The number of rotatable bonds is 4. The first-order valence-corrected chi connectivity index (χ1v) is 6.62. The largest absolute Gasteiger partial charge is 0.463 e. The van der Waals surface area contributed by atoms with Crippen LogP contribution in [0.5, 0.6) is 0 Å². The maximum atomic E-state index is 12.3. The van der Waals surface area contributed by atoms with E-state index in [1.54, 1.807) is 24.5 Å². The van der Waals surface area contributed by atoms with Crippen molar-refractivity contribution in [3.8, 4) is 11.5 Å². The Labute approximate surface area is 125 Å². The van der Waals surface area contributed by atoms with Crippen molar-refractivity contribution in [3.05, 3.63) is 48.4 Å². The van der Waals surface area contributed by atoms with Crippen LogP contribution in [0.25, 0.3) is 11.5 Å². The van der Waals surface area contributed by atoms with Crippen molar-refractivity contribution in [3.63, 3.8) is 0 Å². The van der Waals surface area contributed by atoms with Crippen LogP contribution in [0.3, 0.4) is 0 Å². The van der Waals surface area contributed by atoms with Crippen LogP contribution in [-0.4, -0.2) is 25.8 Å². The van der Waals surface area contributed by atoms with Gasteiger partial charge in [-0.05, 0) is 25.1 Å². The number of anilines is 1. The number of H-pyrrole nitrogens is 1. The van der Waals surface area contributed by atoms with Crippen molar-refractivity contribution in [2.24, 2.45) is 0 Å². The Bertz CT molecular complexity index is 767. The van der Waals surface area contributed by atoms with Crippen LogP contribution in [0.4, 0.5) is 5.95 Å². The van der Waals surface area contributed by atoms with E-state index in [2.05, 4.69) is 25.3 Å². The van der Waals surface area contributed by atoms with Crippen molar-refractivity contribution in [2.75, 3.05) is 5.73 Å². The molecule has 3 aromatic heterocycles. The normalized spacial score (nSPS) is 12.0. The van der Waals surface area contributed by atoms with E-state index >= 15 is 0 Å². The average Bonchev–Trinajstić information content (AvgIpc) is 3.20. The molecule has 1 unspecified atom stereocenters. The van der Waals surface area contributed by atoms with E-state index in [0.717, 1.165) is 0 Å². The Morgan fingerprint density at radius 3 is 3.00 bits per heavy atom. The van der Waals surface area contributed by atoms with Crippen LogP contribution < -0.4 is 11.1 Å². The number of aromatic amines is 1. The van der Waals surface area contributed by atoms with Gasteiger partial charge in [0.05, 0.1) is 12.3 Å². The van der Waals surface area contributed by atoms with Crippen LogP contribution in [0.15, 0.2) is 41.3 Å². The second kappa shape index (κ2) is 5.68. The summed E-state index contributed by atoms with van der Waals surface area (Å²) in [6, 6.07) is 4.70. The Morgan fingerprint density at radius 1 is 1.45 bits per heavy atom. The number of nitrogens with one attached hydrogen (secondary N) is 2. The summed E-state index contributed by atoms with van der Waals surface area (Å²) < 4.78 is 5.26. The molecule has 0 aliphatic rings. The van der Waals surface area contributed by atoms with E-state index < -0.39 is 0 Å². The van der Waals surface area contributed by atoms with Crippen molar-refractivity contribution in [2.45, 2.75) is 13.0 Å². The molecule has 3 rings (SSSR count). The van der Waals surface area contributed by atoms with E-state index in [1.807, 2.05) is 6.92 Å². The van der Waals surface area contributed by atoms with Gasteiger partial charge in [-0.1, -0.05) is 0 Å². The van der Waals surface area contributed by atoms with Gasteiger partial charge >= 0.3 is 0 Å². The zero-order valence-corrected chi connectivity index (χ0v) is 11.8. The molecule has 0 aromatic carbocycles. The zero-order valence-electron chi connectivity index (χ0n) is 11.8. The number of imidazole rings is 1. The summed E-state index contributed by atoms with van der Waals surface area (Å²) in [6.07, 6.45) is 4.83. The van der Waals surface area contributed by atoms with Gasteiger partial charge in [-0.2, -0.15) is 0 Å². The molecule has 0 saturated carbocycles. The molecular weight excluding hydrogens is 284 g/mol. The predicted molar refractivity (Wildman–Crippen MR) is 78.6 cm³/mol. The van der Waals surface area contributed by atoms with Gasteiger partial charge in [0.2, 0.25) is 5.95 Å². The quantitative estimate of drug-likeness (QED) is 0.671. The van der Waals surface area contributed by atoms with Crippen molar-refractivity contribution >= 4 is 11.9 Å². The van der Waals surface area contributed by atoms with Gasteiger partial charge in [-0.3, -0.25) is 4.79 Å². The maximum Gasteiger partial charge on any atom is 0.270 e. The lowest BCUT2D eigenvalue weighted by atomic mass is 10.2. The fourth-order valence-electron chi connectivity index (χ4n) is 1.99. The topological polar surface area (TPSA) is 123 Å². The Morgan fingerprint density at radius 2 is 2.32 bits per heavy atom. The highest BCUT2D eigenvalue weighted by atomic mass is 16.3. The minimum absolute atomic E-state index is 0.00435. The van der Waals surface area contributed by atoms with Gasteiger partial charge in [-0.15, -0.1) is 0 Å². The van der Waals surface area contributed by atoms with Crippen LogP contribution >= 0.6 is 0 Å². The van der Waals surface area contributed by atoms with Gasteiger partial charge in [0.15, 0.2) is 5.76 Å². The van der Waals surface area contributed by atoms with Crippen LogP contribution in [-0.2, 0) is 0 Å².